The zero-order valence-electron chi connectivity index (χ0n) is 17.0. The van der Waals surface area contributed by atoms with Crippen molar-refractivity contribution in [3.63, 3.8) is 0 Å². The number of amidine groups is 1. The number of carbonyl (C=O) groups is 1. The largest absolute Gasteiger partial charge is 0.445 e. The molecule has 3 rings (SSSR count). The molecule has 1 aliphatic rings. The number of nitrogens with two attached hydrogens (primary N) is 1. The van der Waals surface area contributed by atoms with E-state index in [-0.39, 0.29) is 30.3 Å². The molecular formula is C22H25N7O2. The van der Waals surface area contributed by atoms with Gasteiger partial charge in [0.15, 0.2) is 5.84 Å². The average Bonchev–Trinajstić information content (AvgIpc) is 2.80. The third-order valence-electron chi connectivity index (χ3n) is 4.87. The second-order valence-corrected chi connectivity index (χ2v) is 7.12. The van der Waals surface area contributed by atoms with Crippen molar-refractivity contribution in [2.24, 2.45) is 10.8 Å². The quantitative estimate of drug-likeness (QED) is 0.309. The molecule has 1 saturated heterocycles. The normalized spacial score (nSPS) is 14.4. The molecule has 0 bridgehead atoms. The van der Waals surface area contributed by atoms with Gasteiger partial charge in [-0.1, -0.05) is 30.3 Å². The molecule has 31 heavy (non-hydrogen) atoms. The first kappa shape index (κ1) is 21.6. The topological polar surface area (TPSA) is 140 Å². The van der Waals surface area contributed by atoms with Gasteiger partial charge in [0.25, 0.3) is 0 Å². The molecule has 1 amide bonds. The number of carbonyl (C=O) groups excluding carboxylic acids is 1. The molecular weight excluding hydrogens is 394 g/mol. The summed E-state index contributed by atoms with van der Waals surface area (Å²) in [6.07, 6.45) is 1.38. The predicted molar refractivity (Wildman–Crippen MR) is 120 cm³/mol. The van der Waals surface area contributed by atoms with Crippen LogP contribution in [0.5, 0.6) is 0 Å². The Labute approximate surface area is 181 Å². The van der Waals surface area contributed by atoms with Crippen LogP contribution in [0.3, 0.4) is 0 Å². The SMILES string of the molecule is N#C/C(=N\Nc1ccc(NC2CCN(C(=O)OCc3ccccc3)CC2)cc1)C(=N)N. The van der Waals surface area contributed by atoms with E-state index in [0.717, 1.165) is 24.1 Å². The van der Waals surface area contributed by atoms with Crippen LogP contribution in [-0.4, -0.2) is 41.7 Å². The van der Waals surface area contributed by atoms with Crippen molar-refractivity contribution in [1.82, 2.24) is 4.90 Å². The molecule has 160 valence electrons. The highest BCUT2D eigenvalue weighted by Crippen LogP contribution is 2.19. The van der Waals surface area contributed by atoms with Gasteiger partial charge in [-0.3, -0.25) is 10.8 Å². The number of benzene rings is 2. The van der Waals surface area contributed by atoms with Crippen molar-refractivity contribution in [2.45, 2.75) is 25.5 Å². The minimum Gasteiger partial charge on any atom is -0.445 e. The Balaban J connectivity index is 1.42. The van der Waals surface area contributed by atoms with E-state index in [1.807, 2.05) is 54.6 Å². The second kappa shape index (κ2) is 10.6. The lowest BCUT2D eigenvalue weighted by Gasteiger charge is -2.32. The molecule has 2 aromatic carbocycles. The van der Waals surface area contributed by atoms with Crippen LogP contribution in [-0.2, 0) is 11.3 Å². The fourth-order valence-corrected chi connectivity index (χ4v) is 3.16. The number of hydrogen-bond donors (Lipinski definition) is 4. The van der Waals surface area contributed by atoms with Crippen molar-refractivity contribution in [3.8, 4) is 6.07 Å². The summed E-state index contributed by atoms with van der Waals surface area (Å²) in [5.74, 6) is -0.386. The number of rotatable bonds is 7. The predicted octanol–water partition coefficient (Wildman–Crippen LogP) is 3.13. The average molecular weight is 419 g/mol. The number of piperidine rings is 1. The summed E-state index contributed by atoms with van der Waals surface area (Å²) in [5, 5.41) is 23.4. The number of amides is 1. The summed E-state index contributed by atoms with van der Waals surface area (Å²) in [4.78, 5) is 14.0. The third-order valence-corrected chi connectivity index (χ3v) is 4.87. The van der Waals surface area contributed by atoms with Gasteiger partial charge < -0.3 is 20.7 Å². The highest BCUT2D eigenvalue weighted by molar-refractivity contribution is 6.45. The molecule has 1 fully saturated rings. The number of nitrogens with zero attached hydrogens (tertiary/aromatic N) is 3. The minimum atomic E-state index is -0.386. The summed E-state index contributed by atoms with van der Waals surface area (Å²) in [7, 11) is 0. The highest BCUT2D eigenvalue weighted by atomic mass is 16.6. The van der Waals surface area contributed by atoms with Crippen LogP contribution in [0.25, 0.3) is 0 Å². The van der Waals surface area contributed by atoms with Gasteiger partial charge in [0.1, 0.15) is 12.7 Å². The zero-order chi connectivity index (χ0) is 22.1. The molecule has 0 spiro atoms. The second-order valence-electron chi connectivity index (χ2n) is 7.12. The van der Waals surface area contributed by atoms with Gasteiger partial charge in [-0.25, -0.2) is 4.79 Å². The number of anilines is 2. The highest BCUT2D eigenvalue weighted by Gasteiger charge is 2.23. The van der Waals surface area contributed by atoms with Gasteiger partial charge in [0.05, 0.1) is 5.69 Å². The maximum atomic E-state index is 12.3. The summed E-state index contributed by atoms with van der Waals surface area (Å²) in [5.41, 5.74) is 10.4. The zero-order valence-corrected chi connectivity index (χ0v) is 17.0. The number of nitrogens with one attached hydrogen (secondary N) is 3. The summed E-state index contributed by atoms with van der Waals surface area (Å²) in [6, 6.07) is 19.1. The van der Waals surface area contributed by atoms with Gasteiger partial charge in [0.2, 0.25) is 5.71 Å². The van der Waals surface area contributed by atoms with E-state index in [2.05, 4.69) is 15.8 Å². The lowest BCUT2D eigenvalue weighted by atomic mass is 10.0. The van der Waals surface area contributed by atoms with Gasteiger partial charge in [-0.15, -0.1) is 0 Å². The molecule has 0 radical (unpaired) electrons. The number of likely N-dealkylation sites (tertiary alicyclic amines) is 1. The Morgan fingerprint density at radius 3 is 2.42 bits per heavy atom. The molecule has 9 heteroatoms. The maximum Gasteiger partial charge on any atom is 0.410 e. The van der Waals surface area contributed by atoms with Crippen molar-refractivity contribution in [2.75, 3.05) is 23.8 Å². The van der Waals surface area contributed by atoms with Gasteiger partial charge >= 0.3 is 6.09 Å². The first-order valence-corrected chi connectivity index (χ1v) is 9.95. The lowest BCUT2D eigenvalue weighted by molar-refractivity contribution is 0.0882. The fourth-order valence-electron chi connectivity index (χ4n) is 3.16. The Morgan fingerprint density at radius 1 is 1.16 bits per heavy atom. The summed E-state index contributed by atoms with van der Waals surface area (Å²) in [6.45, 7) is 1.56. The van der Waals surface area contributed by atoms with E-state index in [0.29, 0.717) is 18.8 Å². The van der Waals surface area contributed by atoms with E-state index < -0.39 is 0 Å². The molecule has 0 unspecified atom stereocenters. The molecule has 0 aromatic heterocycles. The van der Waals surface area contributed by atoms with Crippen molar-refractivity contribution in [3.05, 3.63) is 60.2 Å². The van der Waals surface area contributed by atoms with E-state index in [1.54, 1.807) is 11.0 Å². The van der Waals surface area contributed by atoms with Crippen LogP contribution in [0.2, 0.25) is 0 Å². The fraction of sp³-hybridized carbons (Fsp3) is 0.273. The monoisotopic (exact) mass is 419 g/mol. The van der Waals surface area contributed by atoms with Crippen LogP contribution >= 0.6 is 0 Å². The number of hydrogen-bond acceptors (Lipinski definition) is 7. The van der Waals surface area contributed by atoms with Crippen LogP contribution in [0.15, 0.2) is 59.7 Å². The summed E-state index contributed by atoms with van der Waals surface area (Å²) >= 11 is 0. The van der Waals surface area contributed by atoms with Gasteiger partial charge in [-0.2, -0.15) is 10.4 Å². The van der Waals surface area contributed by atoms with Gasteiger partial charge in [-0.05, 0) is 42.7 Å². The Morgan fingerprint density at radius 2 is 1.81 bits per heavy atom. The summed E-state index contributed by atoms with van der Waals surface area (Å²) < 4.78 is 5.40. The van der Waals surface area contributed by atoms with E-state index >= 15 is 0 Å². The smallest absolute Gasteiger partial charge is 0.410 e. The number of ether oxygens (including phenoxy) is 1. The van der Waals surface area contributed by atoms with Crippen LogP contribution in [0.1, 0.15) is 18.4 Å². The lowest BCUT2D eigenvalue weighted by Crippen LogP contribution is -2.42. The van der Waals surface area contributed by atoms with Crippen LogP contribution < -0.4 is 16.5 Å². The molecule has 5 N–H and O–H groups in total. The van der Waals surface area contributed by atoms with E-state index in [4.69, 9.17) is 21.1 Å². The van der Waals surface area contributed by atoms with Crippen molar-refractivity contribution in [1.29, 1.82) is 10.7 Å². The van der Waals surface area contributed by atoms with Crippen molar-refractivity contribution < 1.29 is 9.53 Å². The van der Waals surface area contributed by atoms with Crippen LogP contribution in [0.4, 0.5) is 16.2 Å². The molecule has 1 aliphatic heterocycles. The Kier molecular flexibility index (Phi) is 7.43. The molecule has 0 aliphatic carbocycles. The Hall–Kier alpha value is -4.06. The minimum absolute atomic E-state index is 0.170. The molecule has 1 heterocycles. The molecule has 0 saturated carbocycles. The van der Waals surface area contributed by atoms with Gasteiger partial charge in [0, 0.05) is 24.8 Å². The van der Waals surface area contributed by atoms with Crippen LogP contribution in [0, 0.1) is 16.7 Å². The van der Waals surface area contributed by atoms with E-state index in [1.165, 1.54) is 0 Å². The standard InChI is InChI=1S/C22H25N7O2/c23-14-20(21(24)25)28-27-19-8-6-17(7-9-19)26-18-10-12-29(13-11-18)22(30)31-15-16-4-2-1-3-5-16/h1-9,18,26-27H,10-13,15H2,(H3,24,25)/b28-20+. The first-order valence-electron chi connectivity index (χ1n) is 9.95. The number of hydrazone groups is 1. The maximum absolute atomic E-state index is 12.3. The first-order chi connectivity index (χ1) is 15.0. The number of nitriles is 1. The molecule has 9 nitrogen and oxygen atoms in total. The molecule has 0 atom stereocenters. The Bertz CT molecular complexity index is 960. The van der Waals surface area contributed by atoms with E-state index in [9.17, 15) is 4.79 Å². The third kappa shape index (κ3) is 6.47. The van der Waals surface area contributed by atoms with Crippen molar-refractivity contribution >= 4 is 29.0 Å². The molecule has 2 aromatic rings.